The highest BCUT2D eigenvalue weighted by molar-refractivity contribution is 5.99. The van der Waals surface area contributed by atoms with Crippen LogP contribution >= 0.6 is 0 Å². The first kappa shape index (κ1) is 19.2. The number of nitrogens with one attached hydrogen (secondary N) is 1. The van der Waals surface area contributed by atoms with E-state index in [1.165, 1.54) is 12.0 Å². The summed E-state index contributed by atoms with van der Waals surface area (Å²) >= 11 is 0. The smallest absolute Gasteiger partial charge is 0.254 e. The Morgan fingerprint density at radius 1 is 1.04 bits per heavy atom. The van der Waals surface area contributed by atoms with Crippen LogP contribution < -0.4 is 10.1 Å². The van der Waals surface area contributed by atoms with Gasteiger partial charge in [-0.25, -0.2) is 0 Å². The number of benzene rings is 2. The fourth-order valence-corrected chi connectivity index (χ4v) is 2.78. The van der Waals surface area contributed by atoms with Crippen LogP contribution in [0.15, 0.2) is 71.3 Å². The third kappa shape index (κ3) is 4.79. The molecule has 0 aliphatic heterocycles. The molecule has 0 radical (unpaired) electrons. The van der Waals surface area contributed by atoms with Crippen molar-refractivity contribution in [1.82, 2.24) is 4.90 Å². The van der Waals surface area contributed by atoms with Crippen molar-refractivity contribution in [2.45, 2.75) is 13.5 Å². The fraction of sp³-hybridized carbons (Fsp3) is 0.182. The molecule has 6 heteroatoms. The predicted molar refractivity (Wildman–Crippen MR) is 106 cm³/mol. The number of methoxy groups -OCH3 is 1. The molecule has 28 heavy (non-hydrogen) atoms. The highest BCUT2D eigenvalue weighted by atomic mass is 16.5. The van der Waals surface area contributed by atoms with Crippen molar-refractivity contribution >= 4 is 17.5 Å². The number of nitrogens with zero attached hydrogens (tertiary/aromatic N) is 1. The first-order valence-corrected chi connectivity index (χ1v) is 8.88. The molecule has 0 unspecified atom stereocenters. The Morgan fingerprint density at radius 3 is 2.46 bits per heavy atom. The first-order chi connectivity index (χ1) is 13.6. The molecule has 0 bridgehead atoms. The highest BCUT2D eigenvalue weighted by Gasteiger charge is 2.21. The summed E-state index contributed by atoms with van der Waals surface area (Å²) in [7, 11) is 1.54. The molecule has 3 rings (SSSR count). The summed E-state index contributed by atoms with van der Waals surface area (Å²) < 4.78 is 10.6. The molecule has 1 N–H and O–H groups in total. The summed E-state index contributed by atoms with van der Waals surface area (Å²) in [5.41, 5.74) is 2.13. The summed E-state index contributed by atoms with van der Waals surface area (Å²) in [5, 5.41) is 2.80. The average molecular weight is 378 g/mol. The summed E-state index contributed by atoms with van der Waals surface area (Å²) in [6.45, 7) is 2.03. The van der Waals surface area contributed by atoms with E-state index in [1.54, 1.807) is 48.7 Å². The molecule has 0 saturated carbocycles. The number of rotatable bonds is 7. The number of ether oxygens (including phenoxy) is 1. The Kier molecular flexibility index (Phi) is 6.11. The molecule has 0 aliphatic carbocycles. The van der Waals surface area contributed by atoms with Gasteiger partial charge in [-0.1, -0.05) is 29.8 Å². The van der Waals surface area contributed by atoms with Gasteiger partial charge in [0.25, 0.3) is 5.91 Å². The second-order valence-corrected chi connectivity index (χ2v) is 6.36. The molecule has 1 aromatic heterocycles. The Hall–Kier alpha value is -3.54. The quantitative estimate of drug-likeness (QED) is 0.677. The molecule has 0 atom stereocenters. The molecule has 2 amide bonds. The molecule has 144 valence electrons. The standard InChI is InChI=1S/C22H22N2O4/c1-16-9-11-17(12-10-16)22(26)24(14-18-6-5-13-28-18)15-21(25)23-19-7-3-4-8-20(19)27-2/h3-13H,14-15H2,1-2H3,(H,23,25). The van der Waals surface area contributed by atoms with E-state index < -0.39 is 0 Å². The third-order valence-corrected chi connectivity index (χ3v) is 4.23. The second kappa shape index (κ2) is 8.90. The molecule has 0 fully saturated rings. The summed E-state index contributed by atoms with van der Waals surface area (Å²) in [5.74, 6) is 0.590. The molecule has 3 aromatic rings. The fourth-order valence-electron chi connectivity index (χ4n) is 2.78. The van der Waals surface area contributed by atoms with E-state index in [-0.39, 0.29) is 24.9 Å². The van der Waals surface area contributed by atoms with Gasteiger partial charge in [0.2, 0.25) is 5.91 Å². The summed E-state index contributed by atoms with van der Waals surface area (Å²) in [6.07, 6.45) is 1.54. The van der Waals surface area contributed by atoms with Crippen molar-refractivity contribution in [2.75, 3.05) is 19.0 Å². The van der Waals surface area contributed by atoms with Gasteiger partial charge in [0.1, 0.15) is 18.1 Å². The maximum Gasteiger partial charge on any atom is 0.254 e. The molecule has 1 heterocycles. The van der Waals surface area contributed by atoms with Crippen molar-refractivity contribution in [3.8, 4) is 5.75 Å². The molecule has 0 spiro atoms. The number of hydrogen-bond acceptors (Lipinski definition) is 4. The van der Waals surface area contributed by atoms with E-state index in [2.05, 4.69) is 5.32 Å². The van der Waals surface area contributed by atoms with Gasteiger partial charge in [-0.3, -0.25) is 9.59 Å². The number of amides is 2. The Balaban J connectivity index is 1.77. The van der Waals surface area contributed by atoms with Gasteiger partial charge in [0.05, 0.1) is 25.6 Å². The largest absolute Gasteiger partial charge is 0.495 e. The normalized spacial score (nSPS) is 10.4. The number of aryl methyl sites for hydroxylation is 1. The van der Waals surface area contributed by atoms with Crippen LogP contribution in [0.25, 0.3) is 0 Å². The van der Waals surface area contributed by atoms with Gasteiger partial charge < -0.3 is 19.4 Å². The highest BCUT2D eigenvalue weighted by Crippen LogP contribution is 2.23. The van der Waals surface area contributed by atoms with Crippen LogP contribution in [-0.2, 0) is 11.3 Å². The van der Waals surface area contributed by atoms with Gasteiger partial charge >= 0.3 is 0 Å². The lowest BCUT2D eigenvalue weighted by Crippen LogP contribution is -2.37. The van der Waals surface area contributed by atoms with Crippen LogP contribution in [0.1, 0.15) is 21.7 Å². The van der Waals surface area contributed by atoms with Crippen LogP contribution in [-0.4, -0.2) is 30.4 Å². The molecule has 0 aliphatic rings. The van der Waals surface area contributed by atoms with Crippen LogP contribution in [0.2, 0.25) is 0 Å². The molecule has 0 saturated heterocycles. The van der Waals surface area contributed by atoms with E-state index in [1.807, 2.05) is 25.1 Å². The molecule has 6 nitrogen and oxygen atoms in total. The molecular formula is C22H22N2O4. The van der Waals surface area contributed by atoms with Crippen molar-refractivity contribution in [3.05, 3.63) is 83.8 Å². The van der Waals surface area contributed by atoms with Crippen molar-refractivity contribution in [2.24, 2.45) is 0 Å². The minimum Gasteiger partial charge on any atom is -0.495 e. The van der Waals surface area contributed by atoms with Crippen LogP contribution in [0.5, 0.6) is 5.75 Å². The van der Waals surface area contributed by atoms with Gasteiger partial charge in [0, 0.05) is 5.56 Å². The van der Waals surface area contributed by atoms with E-state index in [4.69, 9.17) is 9.15 Å². The number of carbonyl (C=O) groups excluding carboxylic acids is 2. The third-order valence-electron chi connectivity index (χ3n) is 4.23. The van der Waals surface area contributed by atoms with E-state index in [0.29, 0.717) is 22.8 Å². The van der Waals surface area contributed by atoms with E-state index in [0.717, 1.165) is 5.56 Å². The number of para-hydroxylation sites is 2. The Labute approximate surface area is 163 Å². The van der Waals surface area contributed by atoms with E-state index in [9.17, 15) is 9.59 Å². The van der Waals surface area contributed by atoms with Gasteiger partial charge in [0.15, 0.2) is 0 Å². The van der Waals surface area contributed by atoms with Crippen molar-refractivity contribution in [1.29, 1.82) is 0 Å². The zero-order chi connectivity index (χ0) is 19.9. The maximum absolute atomic E-state index is 13.0. The summed E-state index contributed by atoms with van der Waals surface area (Å²) in [6, 6.07) is 17.9. The lowest BCUT2D eigenvalue weighted by atomic mass is 10.1. The Morgan fingerprint density at radius 2 is 1.79 bits per heavy atom. The number of hydrogen-bond donors (Lipinski definition) is 1. The zero-order valence-electron chi connectivity index (χ0n) is 15.8. The lowest BCUT2D eigenvalue weighted by Gasteiger charge is -2.22. The van der Waals surface area contributed by atoms with Crippen molar-refractivity contribution < 1.29 is 18.7 Å². The van der Waals surface area contributed by atoms with Gasteiger partial charge in [-0.2, -0.15) is 0 Å². The molecule has 2 aromatic carbocycles. The monoisotopic (exact) mass is 378 g/mol. The first-order valence-electron chi connectivity index (χ1n) is 8.88. The second-order valence-electron chi connectivity index (χ2n) is 6.36. The topological polar surface area (TPSA) is 71.8 Å². The molecular weight excluding hydrogens is 356 g/mol. The van der Waals surface area contributed by atoms with Gasteiger partial charge in [-0.15, -0.1) is 0 Å². The van der Waals surface area contributed by atoms with Gasteiger partial charge in [-0.05, 0) is 43.3 Å². The van der Waals surface area contributed by atoms with Crippen LogP contribution in [0, 0.1) is 6.92 Å². The zero-order valence-corrected chi connectivity index (χ0v) is 15.8. The van der Waals surface area contributed by atoms with E-state index >= 15 is 0 Å². The SMILES string of the molecule is COc1ccccc1NC(=O)CN(Cc1ccco1)C(=O)c1ccc(C)cc1. The number of carbonyl (C=O) groups is 2. The number of furan rings is 1. The minimum absolute atomic E-state index is 0.120. The predicted octanol–water partition coefficient (Wildman–Crippen LogP) is 3.88. The lowest BCUT2D eigenvalue weighted by molar-refractivity contribution is -0.117. The number of anilines is 1. The average Bonchev–Trinajstić information content (AvgIpc) is 3.21. The summed E-state index contributed by atoms with van der Waals surface area (Å²) in [4.78, 5) is 27.0. The minimum atomic E-state index is -0.323. The Bertz CT molecular complexity index is 933. The van der Waals surface area contributed by atoms with Crippen LogP contribution in [0.4, 0.5) is 5.69 Å². The van der Waals surface area contributed by atoms with Crippen LogP contribution in [0.3, 0.4) is 0 Å². The van der Waals surface area contributed by atoms with Crippen molar-refractivity contribution in [3.63, 3.8) is 0 Å². The maximum atomic E-state index is 13.0.